The van der Waals surface area contributed by atoms with Gasteiger partial charge in [-0.25, -0.2) is 4.21 Å². The number of carbonyl (C=O) groups is 1. The van der Waals surface area contributed by atoms with Gasteiger partial charge < -0.3 is 4.74 Å². The van der Waals surface area contributed by atoms with Gasteiger partial charge in [0, 0.05) is 29.1 Å². The number of Topliss-reactive ketones (excluding diaryl/α,β-unsaturated/α-hetero) is 1. The van der Waals surface area contributed by atoms with Gasteiger partial charge in [0.1, 0.15) is 5.78 Å². The van der Waals surface area contributed by atoms with Crippen molar-refractivity contribution in [3.63, 3.8) is 0 Å². The quantitative estimate of drug-likeness (QED) is 0.787. The molecule has 1 aromatic carbocycles. The van der Waals surface area contributed by atoms with Crippen LogP contribution in [-0.4, -0.2) is 21.7 Å². The summed E-state index contributed by atoms with van der Waals surface area (Å²) in [5, 5.41) is 1.74. The van der Waals surface area contributed by atoms with E-state index in [9.17, 15) is 9.00 Å². The predicted molar refractivity (Wildman–Crippen MR) is 98.1 cm³/mol. The van der Waals surface area contributed by atoms with Crippen molar-refractivity contribution in [3.8, 4) is 0 Å². The van der Waals surface area contributed by atoms with Gasteiger partial charge in [-0.2, -0.15) is 0 Å². The zero-order chi connectivity index (χ0) is 18.0. The summed E-state index contributed by atoms with van der Waals surface area (Å²) in [6, 6.07) is 9.40. The number of allylic oxidation sites excluding steroid dienone is 1. The Kier molecular flexibility index (Phi) is 5.82. The number of hydrogen-bond acceptors (Lipinski definition) is 3. The van der Waals surface area contributed by atoms with Crippen LogP contribution >= 0.6 is 0 Å². The van der Waals surface area contributed by atoms with Gasteiger partial charge in [0.2, 0.25) is 0 Å². The van der Waals surface area contributed by atoms with Gasteiger partial charge >= 0.3 is 0 Å². The van der Waals surface area contributed by atoms with Gasteiger partial charge in [-0.15, -0.1) is 0 Å². The SMILES string of the molecule is CC(C)(C)O[C@@H]1CC(=O)C[C@H]1C(C)(C)/C=C/S(=O)c1ccccc1. The fraction of sp³-hybridized carbons (Fsp3) is 0.550. The second-order valence-electron chi connectivity index (χ2n) is 8.06. The van der Waals surface area contributed by atoms with E-state index in [1.165, 1.54) is 0 Å². The van der Waals surface area contributed by atoms with Gasteiger partial charge in [-0.1, -0.05) is 38.1 Å². The smallest absolute Gasteiger partial charge is 0.135 e. The Bertz CT molecular complexity index is 626. The van der Waals surface area contributed by atoms with E-state index in [4.69, 9.17) is 4.74 Å². The average molecular weight is 349 g/mol. The zero-order valence-electron chi connectivity index (χ0n) is 15.2. The second-order valence-corrected chi connectivity index (χ2v) is 9.40. The summed E-state index contributed by atoms with van der Waals surface area (Å²) in [5.41, 5.74) is -0.535. The Morgan fingerprint density at radius 3 is 2.29 bits per heavy atom. The van der Waals surface area contributed by atoms with E-state index in [2.05, 4.69) is 13.8 Å². The molecule has 0 N–H and O–H groups in total. The van der Waals surface area contributed by atoms with Crippen molar-refractivity contribution in [2.24, 2.45) is 11.3 Å². The third-order valence-corrected chi connectivity index (χ3v) is 5.50. The summed E-state index contributed by atoms with van der Waals surface area (Å²) in [4.78, 5) is 12.8. The monoisotopic (exact) mass is 348 g/mol. The van der Waals surface area contributed by atoms with Crippen LogP contribution in [0.25, 0.3) is 0 Å². The van der Waals surface area contributed by atoms with Crippen molar-refractivity contribution in [1.29, 1.82) is 0 Å². The van der Waals surface area contributed by atoms with E-state index in [1.54, 1.807) is 5.41 Å². The van der Waals surface area contributed by atoms with Crippen molar-refractivity contribution in [2.75, 3.05) is 0 Å². The van der Waals surface area contributed by atoms with Gasteiger partial charge in [0.15, 0.2) is 0 Å². The van der Waals surface area contributed by atoms with Crippen LogP contribution in [0.4, 0.5) is 0 Å². The highest BCUT2D eigenvalue weighted by atomic mass is 32.2. The van der Waals surface area contributed by atoms with Crippen LogP contribution in [0.15, 0.2) is 46.7 Å². The third-order valence-electron chi connectivity index (χ3n) is 4.38. The first-order valence-corrected chi connectivity index (χ1v) is 9.64. The molecule has 3 atom stereocenters. The highest BCUT2D eigenvalue weighted by Crippen LogP contribution is 2.42. The standard InChI is InChI=1S/C20H28O3S/c1-19(2,3)23-18-14-15(21)13-17(18)20(4,5)11-12-24(22)16-9-7-6-8-10-16/h6-12,17-18H,13-14H2,1-5H3/b12-11+/t17-,18-,24?/m1/s1. The molecule has 0 aliphatic heterocycles. The maximum atomic E-state index is 12.4. The molecule has 0 bridgehead atoms. The molecule has 0 saturated heterocycles. The molecule has 0 radical (unpaired) electrons. The third kappa shape index (κ3) is 5.12. The summed E-state index contributed by atoms with van der Waals surface area (Å²) in [7, 11) is -1.18. The van der Waals surface area contributed by atoms with E-state index in [0.29, 0.717) is 12.8 Å². The maximum Gasteiger partial charge on any atom is 0.135 e. The molecule has 1 fully saturated rings. The van der Waals surface area contributed by atoms with Crippen LogP contribution in [-0.2, 0) is 20.3 Å². The molecule has 2 rings (SSSR count). The molecule has 24 heavy (non-hydrogen) atoms. The Balaban J connectivity index is 2.14. The Morgan fingerprint density at radius 2 is 1.71 bits per heavy atom. The van der Waals surface area contributed by atoms with E-state index < -0.39 is 10.8 Å². The molecule has 1 aliphatic carbocycles. The largest absolute Gasteiger partial charge is 0.372 e. The van der Waals surface area contributed by atoms with Crippen molar-refractivity contribution < 1.29 is 13.7 Å². The lowest BCUT2D eigenvalue weighted by molar-refractivity contribution is -0.119. The molecule has 1 unspecified atom stereocenters. The first-order valence-electron chi connectivity index (χ1n) is 8.43. The van der Waals surface area contributed by atoms with Crippen molar-refractivity contribution >= 4 is 16.6 Å². The fourth-order valence-electron chi connectivity index (χ4n) is 3.14. The number of ether oxygens (including phenoxy) is 1. The molecule has 4 heteroatoms. The summed E-state index contributed by atoms with van der Waals surface area (Å²) >= 11 is 0. The number of benzene rings is 1. The molecular weight excluding hydrogens is 320 g/mol. The molecule has 1 aliphatic rings. The first-order chi connectivity index (χ1) is 11.1. The van der Waals surface area contributed by atoms with Gasteiger partial charge in [-0.3, -0.25) is 4.79 Å². The van der Waals surface area contributed by atoms with Gasteiger partial charge in [-0.05, 0) is 38.3 Å². The topological polar surface area (TPSA) is 43.4 Å². The summed E-state index contributed by atoms with van der Waals surface area (Å²) < 4.78 is 18.5. The van der Waals surface area contributed by atoms with Crippen LogP contribution in [0.2, 0.25) is 0 Å². The molecule has 3 nitrogen and oxygen atoms in total. The van der Waals surface area contributed by atoms with E-state index in [-0.39, 0.29) is 28.8 Å². The van der Waals surface area contributed by atoms with Crippen LogP contribution in [0.3, 0.4) is 0 Å². The summed E-state index contributed by atoms with van der Waals surface area (Å²) in [6.45, 7) is 10.2. The van der Waals surface area contributed by atoms with Crippen LogP contribution < -0.4 is 0 Å². The maximum absolute atomic E-state index is 12.4. The molecule has 1 saturated carbocycles. The van der Waals surface area contributed by atoms with Crippen LogP contribution in [0.5, 0.6) is 0 Å². The van der Waals surface area contributed by atoms with E-state index in [1.807, 2.05) is 57.2 Å². The molecule has 132 valence electrons. The number of carbonyl (C=O) groups excluding carboxylic acids is 1. The lowest BCUT2D eigenvalue weighted by Crippen LogP contribution is -2.36. The first kappa shape index (κ1) is 19.1. The van der Waals surface area contributed by atoms with Crippen LogP contribution in [0.1, 0.15) is 47.5 Å². The highest BCUT2D eigenvalue weighted by Gasteiger charge is 2.43. The Morgan fingerprint density at radius 1 is 1.08 bits per heavy atom. The van der Waals surface area contributed by atoms with E-state index >= 15 is 0 Å². The normalized spacial score (nSPS) is 23.8. The summed E-state index contributed by atoms with van der Waals surface area (Å²) in [5.74, 6) is 0.355. The molecule has 0 aromatic heterocycles. The minimum Gasteiger partial charge on any atom is -0.372 e. The molecule has 1 aromatic rings. The molecule has 0 amide bonds. The van der Waals surface area contributed by atoms with Gasteiger partial charge in [0.05, 0.1) is 22.5 Å². The number of rotatable bonds is 5. The highest BCUT2D eigenvalue weighted by molar-refractivity contribution is 7.88. The Labute approximate surface area is 147 Å². The zero-order valence-corrected chi connectivity index (χ0v) is 16.1. The minimum absolute atomic E-state index is 0.0812. The molecular formula is C20H28O3S. The van der Waals surface area contributed by atoms with E-state index in [0.717, 1.165) is 4.90 Å². The average Bonchev–Trinajstić information content (AvgIpc) is 2.85. The van der Waals surface area contributed by atoms with Crippen molar-refractivity contribution in [3.05, 3.63) is 41.8 Å². The predicted octanol–water partition coefficient (Wildman–Crippen LogP) is 4.50. The number of hydrogen-bond donors (Lipinski definition) is 0. The Hall–Kier alpha value is -1.26. The molecule has 0 spiro atoms. The fourth-order valence-corrected chi connectivity index (χ4v) is 4.20. The minimum atomic E-state index is -1.18. The molecule has 0 heterocycles. The van der Waals surface area contributed by atoms with Gasteiger partial charge in [0.25, 0.3) is 0 Å². The lowest BCUT2D eigenvalue weighted by atomic mass is 9.76. The lowest BCUT2D eigenvalue weighted by Gasteiger charge is -2.36. The summed E-state index contributed by atoms with van der Waals surface area (Å²) in [6.07, 6.45) is 2.90. The van der Waals surface area contributed by atoms with Crippen LogP contribution in [0, 0.1) is 11.3 Å². The van der Waals surface area contributed by atoms with Crippen molar-refractivity contribution in [2.45, 2.75) is 64.1 Å². The van der Waals surface area contributed by atoms with Crippen molar-refractivity contribution in [1.82, 2.24) is 0 Å². The number of ketones is 1. The second kappa shape index (κ2) is 7.32.